The lowest BCUT2D eigenvalue weighted by molar-refractivity contribution is 0.173. The molecule has 0 saturated carbocycles. The molecule has 2 atom stereocenters. The Hall–Kier alpha value is -1.66. The van der Waals surface area contributed by atoms with Gasteiger partial charge in [0, 0.05) is 23.8 Å². The number of nitrogens with two attached hydrogens (primary N) is 1. The molecule has 1 aromatic heterocycles. The van der Waals surface area contributed by atoms with Crippen molar-refractivity contribution in [2.75, 3.05) is 18.9 Å². The zero-order valence-electron chi connectivity index (χ0n) is 11.2. The lowest BCUT2D eigenvalue weighted by Gasteiger charge is -2.19. The van der Waals surface area contributed by atoms with Gasteiger partial charge in [0.05, 0.1) is 17.7 Å². The first-order valence-electron chi connectivity index (χ1n) is 6.58. The number of hydrogen-bond acceptors (Lipinski definition) is 5. The molecule has 20 heavy (non-hydrogen) atoms. The summed E-state index contributed by atoms with van der Waals surface area (Å²) in [6.45, 7) is 3.65. The Labute approximate surface area is 121 Å². The number of aromatic nitrogens is 4. The van der Waals surface area contributed by atoms with E-state index < -0.39 is 0 Å². The minimum absolute atomic E-state index is 0.163. The average Bonchev–Trinajstić information content (AvgIpc) is 3.09. The Morgan fingerprint density at radius 2 is 2.35 bits per heavy atom. The Morgan fingerprint density at radius 1 is 1.50 bits per heavy atom. The first-order valence-corrected chi connectivity index (χ1v) is 6.95. The zero-order valence-corrected chi connectivity index (χ0v) is 11.9. The fourth-order valence-electron chi connectivity index (χ4n) is 2.49. The van der Waals surface area contributed by atoms with Crippen molar-refractivity contribution in [3.8, 4) is 11.4 Å². The van der Waals surface area contributed by atoms with Crippen LogP contribution >= 0.6 is 11.6 Å². The van der Waals surface area contributed by atoms with E-state index in [9.17, 15) is 0 Å². The molecule has 1 aromatic carbocycles. The van der Waals surface area contributed by atoms with Crippen molar-refractivity contribution in [2.24, 2.45) is 5.92 Å². The third kappa shape index (κ3) is 2.36. The summed E-state index contributed by atoms with van der Waals surface area (Å²) in [6, 6.07) is 5.51. The number of rotatable bonds is 3. The van der Waals surface area contributed by atoms with Gasteiger partial charge in [-0.25, -0.2) is 4.68 Å². The van der Waals surface area contributed by atoms with Crippen molar-refractivity contribution >= 4 is 17.3 Å². The normalized spacial score (nSPS) is 20.2. The molecule has 1 aliphatic rings. The summed E-state index contributed by atoms with van der Waals surface area (Å²) in [5.74, 6) is 1.08. The molecule has 106 valence electrons. The van der Waals surface area contributed by atoms with Crippen molar-refractivity contribution in [1.82, 2.24) is 20.2 Å². The van der Waals surface area contributed by atoms with Gasteiger partial charge in [0.2, 0.25) is 0 Å². The summed E-state index contributed by atoms with van der Waals surface area (Å²) < 4.78 is 7.25. The SMILES string of the molecule is CC(C1CCOC1)n1nnnc1-c1ccc(N)cc1Cl. The Bertz CT molecular complexity index is 609. The van der Waals surface area contributed by atoms with Gasteiger partial charge in [-0.15, -0.1) is 5.10 Å². The van der Waals surface area contributed by atoms with Gasteiger partial charge in [0.1, 0.15) is 0 Å². The fourth-order valence-corrected chi connectivity index (χ4v) is 2.76. The van der Waals surface area contributed by atoms with E-state index in [-0.39, 0.29) is 6.04 Å². The van der Waals surface area contributed by atoms with Crippen LogP contribution in [0.25, 0.3) is 11.4 Å². The molecule has 0 bridgehead atoms. The van der Waals surface area contributed by atoms with Crippen molar-refractivity contribution in [2.45, 2.75) is 19.4 Å². The minimum atomic E-state index is 0.163. The molecular weight excluding hydrogens is 278 g/mol. The maximum Gasteiger partial charge on any atom is 0.183 e. The van der Waals surface area contributed by atoms with E-state index in [1.165, 1.54) is 0 Å². The fraction of sp³-hybridized carbons (Fsp3) is 0.462. The highest BCUT2D eigenvalue weighted by Gasteiger charge is 2.27. The molecular formula is C13H16ClN5O. The van der Waals surface area contributed by atoms with E-state index >= 15 is 0 Å². The van der Waals surface area contributed by atoms with Crippen LogP contribution in [0.4, 0.5) is 5.69 Å². The number of tetrazole rings is 1. The second-order valence-corrected chi connectivity index (χ2v) is 5.46. The third-order valence-corrected chi connectivity index (χ3v) is 4.07. The number of halogens is 1. The van der Waals surface area contributed by atoms with Gasteiger partial charge in [-0.3, -0.25) is 0 Å². The summed E-state index contributed by atoms with van der Waals surface area (Å²) in [5, 5.41) is 12.6. The molecule has 1 saturated heterocycles. The molecule has 7 heteroatoms. The molecule has 2 aromatic rings. The maximum atomic E-state index is 6.24. The lowest BCUT2D eigenvalue weighted by Crippen LogP contribution is -2.19. The number of benzene rings is 1. The number of nitrogens with zero attached hydrogens (tertiary/aromatic N) is 4. The number of anilines is 1. The predicted octanol–water partition coefficient (Wildman–Crippen LogP) is 2.17. The van der Waals surface area contributed by atoms with Crippen molar-refractivity contribution in [1.29, 1.82) is 0 Å². The molecule has 0 aliphatic carbocycles. The van der Waals surface area contributed by atoms with Crippen LogP contribution in [0.15, 0.2) is 18.2 Å². The summed E-state index contributed by atoms with van der Waals surface area (Å²) in [6.07, 6.45) is 1.02. The minimum Gasteiger partial charge on any atom is -0.399 e. The summed E-state index contributed by atoms with van der Waals surface area (Å²) in [7, 11) is 0. The first kappa shape index (κ1) is 13.3. The highest BCUT2D eigenvalue weighted by Crippen LogP contribution is 2.32. The second kappa shape index (κ2) is 5.38. The number of ether oxygens (including phenoxy) is 1. The highest BCUT2D eigenvalue weighted by atomic mass is 35.5. The molecule has 0 amide bonds. The van der Waals surface area contributed by atoms with Crippen LogP contribution in [0.5, 0.6) is 0 Å². The molecule has 1 aliphatic heterocycles. The van der Waals surface area contributed by atoms with Gasteiger partial charge < -0.3 is 10.5 Å². The van der Waals surface area contributed by atoms with Crippen LogP contribution in [0.2, 0.25) is 5.02 Å². The van der Waals surface area contributed by atoms with E-state index in [0.29, 0.717) is 22.5 Å². The summed E-state index contributed by atoms with van der Waals surface area (Å²) in [5.41, 5.74) is 7.13. The Kier molecular flexibility index (Phi) is 3.58. The van der Waals surface area contributed by atoms with Gasteiger partial charge in [-0.1, -0.05) is 11.6 Å². The quantitative estimate of drug-likeness (QED) is 0.878. The van der Waals surface area contributed by atoms with Crippen LogP contribution in [-0.4, -0.2) is 33.4 Å². The van der Waals surface area contributed by atoms with E-state index in [4.69, 9.17) is 22.1 Å². The van der Waals surface area contributed by atoms with Crippen LogP contribution in [0.1, 0.15) is 19.4 Å². The third-order valence-electron chi connectivity index (χ3n) is 3.76. The Morgan fingerprint density at radius 3 is 3.05 bits per heavy atom. The van der Waals surface area contributed by atoms with E-state index in [1.807, 2.05) is 10.7 Å². The van der Waals surface area contributed by atoms with E-state index in [2.05, 4.69) is 22.4 Å². The number of nitrogen functional groups attached to an aromatic ring is 1. The monoisotopic (exact) mass is 293 g/mol. The van der Waals surface area contributed by atoms with Crippen LogP contribution in [0, 0.1) is 5.92 Å². The molecule has 3 rings (SSSR count). The smallest absolute Gasteiger partial charge is 0.183 e. The van der Waals surface area contributed by atoms with Crippen molar-refractivity contribution in [3.05, 3.63) is 23.2 Å². The standard InChI is InChI=1S/C13H16ClN5O/c1-8(9-4-5-20-7-9)19-13(16-17-18-19)11-3-2-10(15)6-12(11)14/h2-3,6,8-9H,4-5,7,15H2,1H3. The topological polar surface area (TPSA) is 78.8 Å². The molecule has 0 radical (unpaired) electrons. The Balaban J connectivity index is 1.97. The molecule has 0 spiro atoms. The maximum absolute atomic E-state index is 6.24. The largest absolute Gasteiger partial charge is 0.399 e. The molecule has 1 fully saturated rings. The summed E-state index contributed by atoms with van der Waals surface area (Å²) in [4.78, 5) is 0. The van der Waals surface area contributed by atoms with Crippen LogP contribution in [0.3, 0.4) is 0 Å². The lowest BCUT2D eigenvalue weighted by atomic mass is 10.0. The summed E-state index contributed by atoms with van der Waals surface area (Å²) >= 11 is 6.24. The average molecular weight is 294 g/mol. The highest BCUT2D eigenvalue weighted by molar-refractivity contribution is 6.33. The van der Waals surface area contributed by atoms with Gasteiger partial charge in [0.15, 0.2) is 5.82 Å². The second-order valence-electron chi connectivity index (χ2n) is 5.05. The number of hydrogen-bond donors (Lipinski definition) is 1. The predicted molar refractivity (Wildman–Crippen MR) is 76.3 cm³/mol. The van der Waals surface area contributed by atoms with Crippen LogP contribution < -0.4 is 5.73 Å². The van der Waals surface area contributed by atoms with Crippen molar-refractivity contribution in [3.63, 3.8) is 0 Å². The van der Waals surface area contributed by atoms with Gasteiger partial charge in [0.25, 0.3) is 0 Å². The van der Waals surface area contributed by atoms with Crippen molar-refractivity contribution < 1.29 is 4.74 Å². The molecule has 6 nitrogen and oxygen atoms in total. The first-order chi connectivity index (χ1) is 9.66. The molecule has 2 N–H and O–H groups in total. The zero-order chi connectivity index (χ0) is 14.1. The van der Waals surface area contributed by atoms with Gasteiger partial charge >= 0.3 is 0 Å². The molecule has 2 unspecified atom stereocenters. The van der Waals surface area contributed by atoms with Gasteiger partial charge in [-0.2, -0.15) is 0 Å². The van der Waals surface area contributed by atoms with Crippen LogP contribution in [-0.2, 0) is 4.74 Å². The molecule has 2 heterocycles. The van der Waals surface area contributed by atoms with Gasteiger partial charge in [-0.05, 0) is 42.0 Å². The van der Waals surface area contributed by atoms with E-state index in [0.717, 1.165) is 25.2 Å². The van der Waals surface area contributed by atoms with E-state index in [1.54, 1.807) is 12.1 Å².